The molecule has 1 fully saturated rings. The fourth-order valence-electron chi connectivity index (χ4n) is 10.0. The maximum atomic E-state index is 15.7. The number of benzene rings is 3. The van der Waals surface area contributed by atoms with Gasteiger partial charge in [0, 0.05) is 48.7 Å². The number of sulfonamides is 1. The van der Waals surface area contributed by atoms with Crippen molar-refractivity contribution in [2.75, 3.05) is 13.1 Å². The summed E-state index contributed by atoms with van der Waals surface area (Å²) in [5, 5.41) is 11.3. The van der Waals surface area contributed by atoms with Gasteiger partial charge in [-0.1, -0.05) is 65.7 Å². The summed E-state index contributed by atoms with van der Waals surface area (Å²) in [5.74, 6) is -4.08. The fourth-order valence-corrected chi connectivity index (χ4v) is 12.7. The number of imide groups is 1. The Morgan fingerprint density at radius 2 is 1.53 bits per heavy atom. The number of carboxylic acids is 1. The molecule has 2 atom stereocenters. The number of nitrogens with zero attached hydrogens (tertiary/aromatic N) is 3. The van der Waals surface area contributed by atoms with Gasteiger partial charge in [0.2, 0.25) is 10.0 Å². The van der Waals surface area contributed by atoms with Crippen LogP contribution in [-0.4, -0.2) is 78.2 Å². The highest BCUT2D eigenvalue weighted by molar-refractivity contribution is 7.89. The van der Waals surface area contributed by atoms with Crippen LogP contribution in [0.25, 0.3) is 5.57 Å². The maximum absolute atomic E-state index is 15.7. The van der Waals surface area contributed by atoms with Gasteiger partial charge >= 0.3 is 11.9 Å². The number of hydrogen-bond acceptors (Lipinski definition) is 11. The van der Waals surface area contributed by atoms with Crippen LogP contribution in [0.5, 0.6) is 11.5 Å². The Kier molecular flexibility index (Phi) is 12.8. The third-order valence-corrected chi connectivity index (χ3v) is 15.6. The summed E-state index contributed by atoms with van der Waals surface area (Å²) in [6, 6.07) is 9.87. The number of carbonyl (C=O) groups is 4. The quantitative estimate of drug-likeness (QED) is 0.0706. The predicted octanol–water partition coefficient (Wildman–Crippen LogP) is 6.92. The lowest BCUT2D eigenvalue weighted by Gasteiger charge is -2.39. The minimum Gasteiger partial charge on any atom is -0.478 e. The van der Waals surface area contributed by atoms with Gasteiger partial charge in [-0.15, -0.1) is 5.06 Å². The molecule has 3 aliphatic heterocycles. The van der Waals surface area contributed by atoms with Crippen LogP contribution in [0.3, 0.4) is 0 Å². The van der Waals surface area contributed by atoms with Crippen LogP contribution in [0.15, 0.2) is 51.2 Å². The number of fused-ring (bicyclic) bond motifs is 4. The van der Waals surface area contributed by atoms with Crippen molar-refractivity contribution in [1.82, 2.24) is 9.37 Å². The Morgan fingerprint density at radius 3 is 2.19 bits per heavy atom. The zero-order chi connectivity index (χ0) is 46.7. The van der Waals surface area contributed by atoms with Crippen molar-refractivity contribution in [3.63, 3.8) is 0 Å². The fraction of sp³-hybridized carbons (Fsp3) is 0.511. The van der Waals surface area contributed by atoms with Gasteiger partial charge in [0.05, 0.1) is 16.5 Å². The molecule has 344 valence electrons. The third kappa shape index (κ3) is 9.00. The summed E-state index contributed by atoms with van der Waals surface area (Å²) in [6.45, 7) is 13.9. The summed E-state index contributed by atoms with van der Waals surface area (Å²) < 4.78 is 78.2. The lowest BCUT2D eigenvalue weighted by atomic mass is 9.69. The highest BCUT2D eigenvalue weighted by Gasteiger charge is 2.43. The van der Waals surface area contributed by atoms with Crippen molar-refractivity contribution >= 4 is 49.5 Å². The molecule has 1 aliphatic carbocycles. The Labute approximate surface area is 374 Å². The van der Waals surface area contributed by atoms with Crippen LogP contribution in [0, 0.1) is 5.41 Å². The van der Waals surface area contributed by atoms with Crippen LogP contribution in [0.2, 0.25) is 0 Å². The van der Waals surface area contributed by atoms with Gasteiger partial charge < -0.3 is 14.7 Å². The molecule has 2 N–H and O–H groups in total. The minimum absolute atomic E-state index is 0.00326. The minimum atomic E-state index is -5.13. The standard InChI is InChI=1S/C47H57N3O12S2/c1-8-9-20-49(21-14-10-11-17-38(53)62-50-36(51)18-19-37(50)52)63(56,57)43-35-26-46(4,5)24-27(2)31(35)22-33-39(29-15-12-13-16-30(29)45(54)55)34-23-32-28(3)25-47(6,7)48-40(32)44(64(58,59)60)42(34)61-41(33)43/h12-13,15-16,22-23,27-28H,8-11,14,17-21,24-26H2,1-7H3,(H,54,55)(H,58,59,60). The van der Waals surface area contributed by atoms with Gasteiger partial charge in [0.15, 0.2) is 16.4 Å². The average Bonchev–Trinajstić information content (AvgIpc) is 3.50. The average molecular weight is 920 g/mol. The molecule has 0 radical (unpaired) electrons. The zero-order valence-electron chi connectivity index (χ0n) is 37.4. The van der Waals surface area contributed by atoms with E-state index < -0.39 is 54.3 Å². The van der Waals surface area contributed by atoms with Gasteiger partial charge in [-0.25, -0.2) is 18.0 Å². The largest absolute Gasteiger partial charge is 0.478 e. The second-order valence-electron chi connectivity index (χ2n) is 19.1. The molecule has 4 aliphatic rings. The molecule has 2 unspecified atom stereocenters. The molecule has 1 saturated heterocycles. The van der Waals surface area contributed by atoms with Crippen molar-refractivity contribution in [3.8, 4) is 11.5 Å². The van der Waals surface area contributed by atoms with E-state index in [1.54, 1.807) is 24.3 Å². The predicted molar refractivity (Wildman–Crippen MR) is 236 cm³/mol. The number of rotatable bonds is 15. The third-order valence-electron chi connectivity index (χ3n) is 12.7. The van der Waals surface area contributed by atoms with Crippen molar-refractivity contribution in [1.29, 1.82) is 0 Å². The van der Waals surface area contributed by atoms with Gasteiger partial charge in [-0.05, 0) is 110 Å². The van der Waals surface area contributed by atoms with Crippen LogP contribution in [0.1, 0.15) is 163 Å². The highest BCUT2D eigenvalue weighted by Crippen LogP contribution is 2.52. The van der Waals surface area contributed by atoms with E-state index in [9.17, 15) is 37.3 Å². The van der Waals surface area contributed by atoms with Crippen LogP contribution in [0.4, 0.5) is 0 Å². The van der Waals surface area contributed by atoms with Crippen molar-refractivity contribution in [2.45, 2.75) is 146 Å². The van der Waals surface area contributed by atoms with E-state index in [-0.39, 0.29) is 98.8 Å². The van der Waals surface area contributed by atoms with Gasteiger partial charge in [0.1, 0.15) is 4.90 Å². The van der Waals surface area contributed by atoms with Gasteiger partial charge in [0.25, 0.3) is 21.9 Å². The summed E-state index contributed by atoms with van der Waals surface area (Å²) >= 11 is 0. The summed E-state index contributed by atoms with van der Waals surface area (Å²) in [6.07, 6.45) is 3.63. The second-order valence-corrected chi connectivity index (χ2v) is 22.3. The Hall–Kier alpha value is -4.97. The number of hydrogen-bond donors (Lipinski definition) is 2. The zero-order valence-corrected chi connectivity index (χ0v) is 39.1. The first kappa shape index (κ1) is 47.0. The number of aromatic carboxylic acids is 1. The van der Waals surface area contributed by atoms with Crippen molar-refractivity contribution in [2.24, 2.45) is 10.4 Å². The Morgan fingerprint density at radius 1 is 0.875 bits per heavy atom. The Bertz CT molecular complexity index is 2800. The molecular formula is C47H57N3O12S2. The molecular weight excluding hydrogens is 863 g/mol. The summed E-state index contributed by atoms with van der Waals surface area (Å²) in [5.41, 5.74) is 1.29. The summed E-state index contributed by atoms with van der Waals surface area (Å²) in [7, 11) is -9.65. The molecule has 3 heterocycles. The van der Waals surface area contributed by atoms with E-state index in [1.807, 2.05) is 40.7 Å². The van der Waals surface area contributed by atoms with Crippen molar-refractivity contribution < 1.29 is 55.2 Å². The van der Waals surface area contributed by atoms with Crippen LogP contribution in [-0.2, 0) is 45.8 Å². The first-order valence-electron chi connectivity index (χ1n) is 22.0. The monoisotopic (exact) mass is 919 g/mol. The number of carbonyl (C=O) groups excluding carboxylic acids is 3. The first-order chi connectivity index (χ1) is 30.0. The number of hydroxylamine groups is 2. The second kappa shape index (κ2) is 17.4. The molecule has 15 nitrogen and oxygen atoms in total. The number of unbranched alkanes of at least 4 members (excludes halogenated alkanes) is 3. The van der Waals surface area contributed by atoms with Crippen LogP contribution >= 0.6 is 0 Å². The molecule has 2 amide bonds. The smallest absolute Gasteiger partial charge is 0.336 e. The van der Waals surface area contributed by atoms with Gasteiger partial charge in [-0.3, -0.25) is 19.1 Å². The molecule has 3 aromatic rings. The molecule has 17 heteroatoms. The van der Waals surface area contributed by atoms with Gasteiger partial charge in [-0.2, -0.15) is 12.7 Å². The van der Waals surface area contributed by atoms with Crippen LogP contribution < -0.4 is 15.3 Å². The van der Waals surface area contributed by atoms with E-state index >= 15 is 8.42 Å². The number of ether oxygens (including phenoxy) is 1. The Balaban J connectivity index is 1.44. The molecule has 0 bridgehead atoms. The molecule has 0 aromatic heterocycles. The normalized spacial score (nSPS) is 19.9. The van der Waals surface area contributed by atoms with Crippen molar-refractivity contribution in [3.05, 3.63) is 80.4 Å². The van der Waals surface area contributed by atoms with E-state index in [0.717, 1.165) is 5.56 Å². The number of carboxylic acid groups (broad SMARTS) is 1. The SMILES string of the molecule is CCCCN(CCCCCC(=O)ON1C(=O)CCC1=O)S(=O)(=O)c1c2c(cc3c1Oc1c(S(=O)(=O)O)c4c(cc1=C3c1ccccc1C(=O)O)C(C)CC(C)(C)N=4)C(C)CC(C)(C)C2. The topological polar surface area (TPSA) is 214 Å². The molecule has 3 aromatic carbocycles. The maximum Gasteiger partial charge on any atom is 0.336 e. The highest BCUT2D eigenvalue weighted by atomic mass is 32.2. The van der Waals surface area contributed by atoms with E-state index in [0.29, 0.717) is 67.6 Å². The molecule has 64 heavy (non-hydrogen) atoms. The lowest BCUT2D eigenvalue weighted by molar-refractivity contribution is -0.197. The lowest BCUT2D eigenvalue weighted by Crippen LogP contribution is -2.38. The summed E-state index contributed by atoms with van der Waals surface area (Å²) in [4.78, 5) is 58.4. The molecule has 0 saturated carbocycles. The van der Waals surface area contributed by atoms with E-state index in [1.165, 1.54) is 10.4 Å². The molecule has 7 rings (SSSR count). The molecule has 0 spiro atoms. The van der Waals surface area contributed by atoms with E-state index in [2.05, 4.69) is 13.8 Å². The first-order valence-corrected chi connectivity index (χ1v) is 24.9. The number of amides is 2. The van der Waals surface area contributed by atoms with E-state index in [4.69, 9.17) is 14.6 Å².